The van der Waals surface area contributed by atoms with Crippen LogP contribution in [0.15, 0.2) is 46.0 Å². The Bertz CT molecular complexity index is 1180. The second-order valence-corrected chi connectivity index (χ2v) is 8.26. The van der Waals surface area contributed by atoms with Crippen molar-refractivity contribution in [3.63, 3.8) is 0 Å². The highest BCUT2D eigenvalue weighted by Crippen LogP contribution is 2.38. The largest absolute Gasteiger partial charge is 0.464 e. The smallest absolute Gasteiger partial charge is 0.234 e. The Kier molecular flexibility index (Phi) is 5.26. The van der Waals surface area contributed by atoms with Crippen LogP contribution in [0.4, 0.5) is 5.69 Å². The number of aromatic nitrogens is 1. The Balaban J connectivity index is 1.38. The SMILES string of the molecule is N#Cc1c(SCC(=O)Nc2ccc3c(c2)OCO3)nc2c(c1-c1ccco1)CCCC2. The number of thioether (sulfide) groups is 1. The van der Waals surface area contributed by atoms with E-state index in [9.17, 15) is 10.1 Å². The van der Waals surface area contributed by atoms with Crippen molar-refractivity contribution in [3.05, 3.63) is 53.4 Å². The maximum atomic E-state index is 12.6. The van der Waals surface area contributed by atoms with Gasteiger partial charge in [0.2, 0.25) is 12.7 Å². The van der Waals surface area contributed by atoms with Gasteiger partial charge in [-0.25, -0.2) is 4.98 Å². The highest BCUT2D eigenvalue weighted by molar-refractivity contribution is 8.00. The highest BCUT2D eigenvalue weighted by atomic mass is 32.2. The van der Waals surface area contributed by atoms with Gasteiger partial charge in [-0.2, -0.15) is 5.26 Å². The number of anilines is 1. The lowest BCUT2D eigenvalue weighted by molar-refractivity contribution is -0.113. The van der Waals surface area contributed by atoms with Crippen molar-refractivity contribution in [3.8, 4) is 28.9 Å². The number of amides is 1. The van der Waals surface area contributed by atoms with E-state index in [1.807, 2.05) is 12.1 Å². The Morgan fingerprint density at radius 1 is 1.19 bits per heavy atom. The first-order valence-corrected chi connectivity index (χ1v) is 11.0. The first-order valence-electron chi connectivity index (χ1n) is 10.0. The first kappa shape index (κ1) is 19.5. The van der Waals surface area contributed by atoms with E-state index in [0.717, 1.165) is 42.5 Å². The van der Waals surface area contributed by atoms with Crippen LogP contribution < -0.4 is 14.8 Å². The van der Waals surface area contributed by atoms with Crippen molar-refractivity contribution in [1.29, 1.82) is 5.26 Å². The highest BCUT2D eigenvalue weighted by Gasteiger charge is 2.25. The van der Waals surface area contributed by atoms with Crippen LogP contribution in [-0.4, -0.2) is 23.4 Å². The van der Waals surface area contributed by atoms with Crippen LogP contribution >= 0.6 is 11.8 Å². The predicted octanol–water partition coefficient (Wildman–Crippen LogP) is 4.55. The monoisotopic (exact) mass is 433 g/mol. The zero-order valence-corrected chi connectivity index (χ0v) is 17.5. The maximum absolute atomic E-state index is 12.6. The first-order chi connectivity index (χ1) is 15.2. The fourth-order valence-electron chi connectivity index (χ4n) is 3.92. The summed E-state index contributed by atoms with van der Waals surface area (Å²) in [5.41, 5.74) is 4.00. The van der Waals surface area contributed by atoms with Crippen LogP contribution in [0.1, 0.15) is 29.7 Å². The number of hydrogen-bond acceptors (Lipinski definition) is 7. The number of carbonyl (C=O) groups excluding carboxylic acids is 1. The molecule has 2 aliphatic rings. The van der Waals surface area contributed by atoms with Crippen molar-refractivity contribution in [2.24, 2.45) is 0 Å². The third-order valence-electron chi connectivity index (χ3n) is 5.32. The molecule has 0 unspecified atom stereocenters. The number of pyridine rings is 1. The van der Waals surface area contributed by atoms with E-state index < -0.39 is 0 Å². The minimum atomic E-state index is -0.188. The van der Waals surface area contributed by atoms with Gasteiger partial charge in [-0.1, -0.05) is 11.8 Å². The zero-order valence-electron chi connectivity index (χ0n) is 16.6. The van der Waals surface area contributed by atoms with E-state index in [0.29, 0.717) is 33.5 Å². The molecule has 1 aliphatic heterocycles. The number of ether oxygens (including phenoxy) is 2. The summed E-state index contributed by atoms with van der Waals surface area (Å²) in [7, 11) is 0. The van der Waals surface area contributed by atoms with Gasteiger partial charge < -0.3 is 19.2 Å². The molecule has 0 radical (unpaired) electrons. The lowest BCUT2D eigenvalue weighted by Gasteiger charge is -2.20. The molecule has 5 rings (SSSR count). The van der Waals surface area contributed by atoms with E-state index in [2.05, 4.69) is 11.4 Å². The average Bonchev–Trinajstić information content (AvgIpc) is 3.48. The number of nitriles is 1. The summed E-state index contributed by atoms with van der Waals surface area (Å²) in [6, 6.07) is 11.2. The summed E-state index contributed by atoms with van der Waals surface area (Å²) in [6.07, 6.45) is 5.49. The lowest BCUT2D eigenvalue weighted by Crippen LogP contribution is -2.15. The van der Waals surface area contributed by atoms with Gasteiger partial charge in [0.1, 0.15) is 16.9 Å². The lowest BCUT2D eigenvalue weighted by atomic mass is 9.89. The Labute approximate surface area is 183 Å². The number of benzene rings is 1. The molecule has 0 bridgehead atoms. The molecule has 8 heteroatoms. The molecule has 0 spiro atoms. The van der Waals surface area contributed by atoms with Gasteiger partial charge in [-0.3, -0.25) is 4.79 Å². The minimum Gasteiger partial charge on any atom is -0.464 e. The summed E-state index contributed by atoms with van der Waals surface area (Å²) in [5, 5.41) is 13.3. The number of aryl methyl sites for hydroxylation is 1. The van der Waals surface area contributed by atoms with Crippen LogP contribution in [0.3, 0.4) is 0 Å². The quantitative estimate of drug-likeness (QED) is 0.590. The van der Waals surface area contributed by atoms with Crippen molar-refractivity contribution in [1.82, 2.24) is 4.98 Å². The standard InChI is InChI=1S/C23H19N3O4S/c24-11-16-22(19-6-3-9-28-19)15-4-1-2-5-17(15)26-23(16)31-12-21(27)25-14-7-8-18-20(10-14)30-13-29-18/h3,6-10H,1-2,4-5,12-13H2,(H,25,27). The van der Waals surface area contributed by atoms with Crippen molar-refractivity contribution < 1.29 is 18.7 Å². The van der Waals surface area contributed by atoms with Gasteiger partial charge in [0.15, 0.2) is 11.5 Å². The van der Waals surface area contributed by atoms with E-state index in [1.54, 1.807) is 24.5 Å². The van der Waals surface area contributed by atoms with Gasteiger partial charge >= 0.3 is 0 Å². The van der Waals surface area contributed by atoms with Gasteiger partial charge in [-0.05, 0) is 55.5 Å². The molecule has 31 heavy (non-hydrogen) atoms. The van der Waals surface area contributed by atoms with E-state index in [4.69, 9.17) is 18.9 Å². The number of nitrogens with zero attached hydrogens (tertiary/aromatic N) is 2. The van der Waals surface area contributed by atoms with E-state index in [1.165, 1.54) is 11.8 Å². The number of fused-ring (bicyclic) bond motifs is 2. The third kappa shape index (κ3) is 3.84. The molecule has 1 N–H and O–H groups in total. The fourth-order valence-corrected chi connectivity index (χ4v) is 4.73. The molecule has 0 saturated heterocycles. The third-order valence-corrected chi connectivity index (χ3v) is 6.29. The van der Waals surface area contributed by atoms with Crippen LogP contribution in [0.2, 0.25) is 0 Å². The second-order valence-electron chi connectivity index (χ2n) is 7.29. The molecule has 0 atom stereocenters. The Hall–Kier alpha value is -3.44. The molecule has 1 aliphatic carbocycles. The van der Waals surface area contributed by atoms with Crippen molar-refractivity contribution >= 4 is 23.4 Å². The molecule has 2 aromatic heterocycles. The molecular weight excluding hydrogens is 414 g/mol. The molecule has 156 valence electrons. The van der Waals surface area contributed by atoms with Crippen molar-refractivity contribution in [2.75, 3.05) is 17.9 Å². The second kappa shape index (κ2) is 8.36. The number of nitrogens with one attached hydrogen (secondary N) is 1. The van der Waals surface area contributed by atoms with Gasteiger partial charge in [0.25, 0.3) is 0 Å². The number of rotatable bonds is 5. The predicted molar refractivity (Wildman–Crippen MR) is 115 cm³/mol. The number of furan rings is 1. The summed E-state index contributed by atoms with van der Waals surface area (Å²) < 4.78 is 16.3. The molecule has 0 fully saturated rings. The van der Waals surface area contributed by atoms with Gasteiger partial charge in [0.05, 0.1) is 17.6 Å². The number of hydrogen-bond donors (Lipinski definition) is 1. The minimum absolute atomic E-state index is 0.131. The molecule has 7 nitrogen and oxygen atoms in total. The topological polar surface area (TPSA) is 97.4 Å². The fraction of sp³-hybridized carbons (Fsp3) is 0.261. The normalized spacial score (nSPS) is 14.0. The molecule has 3 aromatic rings. The van der Waals surface area contributed by atoms with Crippen LogP contribution in [0.5, 0.6) is 11.5 Å². The van der Waals surface area contributed by atoms with Crippen LogP contribution in [0.25, 0.3) is 11.3 Å². The van der Waals surface area contributed by atoms with Crippen molar-refractivity contribution in [2.45, 2.75) is 30.7 Å². The molecule has 0 saturated carbocycles. The van der Waals surface area contributed by atoms with Gasteiger partial charge in [0, 0.05) is 23.0 Å². The number of carbonyl (C=O) groups is 1. The van der Waals surface area contributed by atoms with Gasteiger partial charge in [-0.15, -0.1) is 0 Å². The molecule has 1 aromatic carbocycles. The summed E-state index contributed by atoms with van der Waals surface area (Å²) in [6.45, 7) is 0.182. The van der Waals surface area contributed by atoms with E-state index >= 15 is 0 Å². The van der Waals surface area contributed by atoms with E-state index in [-0.39, 0.29) is 18.5 Å². The maximum Gasteiger partial charge on any atom is 0.234 e. The average molecular weight is 433 g/mol. The van der Waals surface area contributed by atoms with Crippen LogP contribution in [0, 0.1) is 11.3 Å². The molecule has 1 amide bonds. The summed E-state index contributed by atoms with van der Waals surface area (Å²) in [5.74, 6) is 1.88. The summed E-state index contributed by atoms with van der Waals surface area (Å²) in [4.78, 5) is 17.3. The molecular formula is C23H19N3O4S. The zero-order chi connectivity index (χ0) is 21.2. The Morgan fingerprint density at radius 3 is 2.90 bits per heavy atom. The molecule has 3 heterocycles. The van der Waals surface area contributed by atoms with Crippen LogP contribution in [-0.2, 0) is 17.6 Å². The summed E-state index contributed by atoms with van der Waals surface area (Å²) >= 11 is 1.27. The Morgan fingerprint density at radius 2 is 2.06 bits per heavy atom.